The highest BCUT2D eigenvalue weighted by Crippen LogP contribution is 2.18. The highest BCUT2D eigenvalue weighted by molar-refractivity contribution is 5.15. The Balaban J connectivity index is 1.48. The van der Waals surface area contributed by atoms with Crippen molar-refractivity contribution in [2.75, 3.05) is 20.1 Å². The summed E-state index contributed by atoms with van der Waals surface area (Å²) in [5.74, 6) is -0.140. The van der Waals surface area contributed by atoms with Crippen molar-refractivity contribution >= 4 is 0 Å². The molecule has 0 heterocycles. The molecule has 0 unspecified atom stereocenters. The van der Waals surface area contributed by atoms with Gasteiger partial charge in [0.05, 0.1) is 0 Å². The first kappa shape index (κ1) is 15.5. The van der Waals surface area contributed by atoms with Crippen molar-refractivity contribution in [1.29, 1.82) is 0 Å². The van der Waals surface area contributed by atoms with Crippen molar-refractivity contribution in [3.05, 3.63) is 35.6 Å². The molecule has 1 aromatic rings. The molecule has 1 aromatic carbocycles. The van der Waals surface area contributed by atoms with Gasteiger partial charge in [-0.3, -0.25) is 0 Å². The third-order valence-electron chi connectivity index (χ3n) is 3.82. The van der Waals surface area contributed by atoms with Gasteiger partial charge in [-0.2, -0.15) is 0 Å². The van der Waals surface area contributed by atoms with Crippen LogP contribution in [0.15, 0.2) is 24.3 Å². The zero-order valence-electron chi connectivity index (χ0n) is 12.6. The summed E-state index contributed by atoms with van der Waals surface area (Å²) in [6.07, 6.45) is 7.89. The van der Waals surface area contributed by atoms with E-state index in [-0.39, 0.29) is 5.82 Å². The lowest BCUT2D eigenvalue weighted by Crippen LogP contribution is -2.19. The van der Waals surface area contributed by atoms with E-state index in [1.807, 2.05) is 6.07 Å². The third-order valence-corrected chi connectivity index (χ3v) is 3.82. The predicted molar refractivity (Wildman–Crippen MR) is 82.2 cm³/mol. The Morgan fingerprint density at radius 2 is 2.00 bits per heavy atom. The van der Waals surface area contributed by atoms with Gasteiger partial charge in [-0.25, -0.2) is 4.39 Å². The molecule has 1 aliphatic carbocycles. The maximum Gasteiger partial charge on any atom is 0.123 e. The number of nitrogens with one attached hydrogen (secondary N) is 1. The first-order chi connectivity index (χ1) is 9.74. The van der Waals surface area contributed by atoms with E-state index in [4.69, 9.17) is 0 Å². The van der Waals surface area contributed by atoms with Crippen LogP contribution in [0.1, 0.15) is 44.1 Å². The number of rotatable bonds is 10. The Labute approximate surface area is 122 Å². The molecule has 0 bridgehead atoms. The first-order valence-corrected chi connectivity index (χ1v) is 7.90. The molecule has 1 N–H and O–H groups in total. The first-order valence-electron chi connectivity index (χ1n) is 7.90. The van der Waals surface area contributed by atoms with Crippen LogP contribution in [0.3, 0.4) is 0 Å². The minimum atomic E-state index is -0.140. The summed E-state index contributed by atoms with van der Waals surface area (Å²) in [5.41, 5.74) is 1.06. The summed E-state index contributed by atoms with van der Waals surface area (Å²) in [5, 5.41) is 3.55. The van der Waals surface area contributed by atoms with Crippen LogP contribution in [0.25, 0.3) is 0 Å². The van der Waals surface area contributed by atoms with Gasteiger partial charge in [-0.15, -0.1) is 0 Å². The largest absolute Gasteiger partial charge is 0.314 e. The van der Waals surface area contributed by atoms with Crippen LogP contribution in [0, 0.1) is 5.82 Å². The topological polar surface area (TPSA) is 15.3 Å². The lowest BCUT2D eigenvalue weighted by atomic mass is 10.1. The monoisotopic (exact) mass is 278 g/mol. The third kappa shape index (κ3) is 6.49. The molecule has 1 aliphatic rings. The van der Waals surface area contributed by atoms with E-state index < -0.39 is 0 Å². The molecule has 0 atom stereocenters. The number of hydrogen-bond acceptors (Lipinski definition) is 2. The van der Waals surface area contributed by atoms with E-state index in [0.717, 1.165) is 24.7 Å². The van der Waals surface area contributed by atoms with Gasteiger partial charge >= 0.3 is 0 Å². The van der Waals surface area contributed by atoms with Crippen molar-refractivity contribution in [3.8, 4) is 0 Å². The number of nitrogens with zero attached hydrogens (tertiary/aromatic N) is 1. The molecule has 0 aliphatic heterocycles. The molecule has 112 valence electrons. The van der Waals surface area contributed by atoms with Crippen LogP contribution >= 0.6 is 0 Å². The van der Waals surface area contributed by atoms with Crippen LogP contribution in [0.4, 0.5) is 4.39 Å². The van der Waals surface area contributed by atoms with Gasteiger partial charge in [0.15, 0.2) is 0 Å². The molecule has 0 amide bonds. The minimum Gasteiger partial charge on any atom is -0.314 e. The second-order valence-electron chi connectivity index (χ2n) is 6.01. The van der Waals surface area contributed by atoms with Crippen LogP contribution in [-0.4, -0.2) is 31.1 Å². The number of hydrogen-bond donors (Lipinski definition) is 1. The minimum absolute atomic E-state index is 0.140. The summed E-state index contributed by atoms with van der Waals surface area (Å²) < 4.78 is 13.1. The molecule has 0 aromatic heterocycles. The lowest BCUT2D eigenvalue weighted by Gasteiger charge is -2.16. The molecular formula is C17H27FN2. The number of halogens is 1. The predicted octanol–water partition coefficient (Wildman–Crippen LogP) is 3.57. The van der Waals surface area contributed by atoms with E-state index in [1.165, 1.54) is 51.1 Å². The molecule has 1 saturated carbocycles. The fraction of sp³-hybridized carbons (Fsp3) is 0.647. The van der Waals surface area contributed by atoms with E-state index in [2.05, 4.69) is 17.3 Å². The SMILES string of the molecule is CN(CCCCCCNC1CC1)Cc1cccc(F)c1. The zero-order valence-corrected chi connectivity index (χ0v) is 12.6. The van der Waals surface area contributed by atoms with Gasteiger partial charge < -0.3 is 10.2 Å². The van der Waals surface area contributed by atoms with E-state index >= 15 is 0 Å². The Morgan fingerprint density at radius 1 is 1.20 bits per heavy atom. The summed E-state index contributed by atoms with van der Waals surface area (Å²) in [4.78, 5) is 2.28. The fourth-order valence-corrected chi connectivity index (χ4v) is 2.48. The van der Waals surface area contributed by atoms with Crippen LogP contribution in [0.2, 0.25) is 0 Å². The fourth-order valence-electron chi connectivity index (χ4n) is 2.48. The van der Waals surface area contributed by atoms with Gasteiger partial charge in [0.2, 0.25) is 0 Å². The Kier molecular flexibility index (Phi) is 6.48. The molecule has 2 nitrogen and oxygen atoms in total. The zero-order chi connectivity index (χ0) is 14.2. The van der Waals surface area contributed by atoms with Crippen molar-refractivity contribution in [2.45, 2.75) is 51.1 Å². The molecule has 1 fully saturated rings. The van der Waals surface area contributed by atoms with E-state index in [9.17, 15) is 4.39 Å². The number of unbranched alkanes of at least 4 members (excludes halogenated alkanes) is 3. The van der Waals surface area contributed by atoms with Gasteiger partial charge in [0, 0.05) is 12.6 Å². The maximum absolute atomic E-state index is 13.1. The molecule has 0 radical (unpaired) electrons. The van der Waals surface area contributed by atoms with Crippen molar-refractivity contribution in [2.24, 2.45) is 0 Å². The Bertz CT molecular complexity index is 390. The van der Waals surface area contributed by atoms with Gasteiger partial charge in [0.25, 0.3) is 0 Å². The summed E-state index contributed by atoms with van der Waals surface area (Å²) in [6.45, 7) is 3.11. The van der Waals surface area contributed by atoms with Crippen LogP contribution in [0.5, 0.6) is 0 Å². The second-order valence-corrected chi connectivity index (χ2v) is 6.01. The molecule has 2 rings (SSSR count). The second kappa shape index (κ2) is 8.38. The van der Waals surface area contributed by atoms with Crippen LogP contribution in [-0.2, 0) is 6.54 Å². The molecular weight excluding hydrogens is 251 g/mol. The lowest BCUT2D eigenvalue weighted by molar-refractivity contribution is 0.316. The normalized spacial score (nSPS) is 14.9. The van der Waals surface area contributed by atoms with Crippen LogP contribution < -0.4 is 5.32 Å². The van der Waals surface area contributed by atoms with Gasteiger partial charge in [0.1, 0.15) is 5.82 Å². The average Bonchev–Trinajstić information content (AvgIpc) is 3.21. The Morgan fingerprint density at radius 3 is 2.75 bits per heavy atom. The van der Waals surface area contributed by atoms with E-state index in [0.29, 0.717) is 0 Å². The smallest absolute Gasteiger partial charge is 0.123 e. The standard InChI is InChI=1S/C17H27FN2/c1-20(14-15-7-6-8-16(18)13-15)12-5-3-2-4-11-19-17-9-10-17/h6-8,13,17,19H,2-5,9-12,14H2,1H3. The van der Waals surface area contributed by atoms with Crippen molar-refractivity contribution in [3.63, 3.8) is 0 Å². The summed E-state index contributed by atoms with van der Waals surface area (Å²) in [6, 6.07) is 7.74. The quantitative estimate of drug-likeness (QED) is 0.658. The highest BCUT2D eigenvalue weighted by Gasteiger charge is 2.19. The summed E-state index contributed by atoms with van der Waals surface area (Å²) in [7, 11) is 2.11. The average molecular weight is 278 g/mol. The summed E-state index contributed by atoms with van der Waals surface area (Å²) >= 11 is 0. The van der Waals surface area contributed by atoms with Crippen molar-refractivity contribution < 1.29 is 4.39 Å². The Hall–Kier alpha value is -0.930. The van der Waals surface area contributed by atoms with Gasteiger partial charge in [-0.1, -0.05) is 25.0 Å². The molecule has 20 heavy (non-hydrogen) atoms. The molecule has 0 spiro atoms. The molecule has 3 heteroatoms. The van der Waals surface area contributed by atoms with E-state index in [1.54, 1.807) is 12.1 Å². The number of benzene rings is 1. The van der Waals surface area contributed by atoms with Gasteiger partial charge in [-0.05, 0) is 63.5 Å². The van der Waals surface area contributed by atoms with Crippen molar-refractivity contribution in [1.82, 2.24) is 10.2 Å². The maximum atomic E-state index is 13.1. The molecule has 0 saturated heterocycles. The highest BCUT2D eigenvalue weighted by atomic mass is 19.1.